The van der Waals surface area contributed by atoms with Crippen molar-refractivity contribution < 1.29 is 19.1 Å². The number of hydrogen-bond donors (Lipinski definition) is 0. The normalized spacial score (nSPS) is 17.7. The van der Waals surface area contributed by atoms with Crippen molar-refractivity contribution in [1.29, 1.82) is 0 Å². The fourth-order valence-electron chi connectivity index (χ4n) is 2.66. The number of fused-ring (bicyclic) bond motifs is 1. The minimum atomic E-state index is -0.383. The number of aromatic nitrogens is 1. The van der Waals surface area contributed by atoms with Crippen LogP contribution < -0.4 is 0 Å². The first-order valence-electron chi connectivity index (χ1n) is 7.50. The molecule has 0 aromatic carbocycles. The molecule has 0 bridgehead atoms. The summed E-state index contributed by atoms with van der Waals surface area (Å²) in [5.41, 5.74) is 1.21. The Bertz CT molecular complexity index is 530. The molecule has 0 aliphatic carbocycles. The third kappa shape index (κ3) is 3.46. The maximum Gasteiger partial charge on any atom is 0.340 e. The first kappa shape index (κ1) is 15.6. The van der Waals surface area contributed by atoms with Gasteiger partial charge < -0.3 is 14.0 Å². The Labute approximate surface area is 125 Å². The summed E-state index contributed by atoms with van der Waals surface area (Å²) in [6.07, 6.45) is 3.11. The van der Waals surface area contributed by atoms with E-state index < -0.39 is 0 Å². The smallest absolute Gasteiger partial charge is 0.340 e. The van der Waals surface area contributed by atoms with Gasteiger partial charge in [-0.3, -0.25) is 4.79 Å². The third-order valence-electron chi connectivity index (χ3n) is 3.43. The lowest BCUT2D eigenvalue weighted by Gasteiger charge is -2.25. The second-order valence-electron chi connectivity index (χ2n) is 5.94. The molecule has 0 saturated carbocycles. The van der Waals surface area contributed by atoms with Gasteiger partial charge in [0, 0.05) is 18.4 Å². The highest BCUT2D eigenvalue weighted by Crippen LogP contribution is 2.32. The molecule has 0 radical (unpaired) electrons. The van der Waals surface area contributed by atoms with Crippen molar-refractivity contribution in [2.45, 2.75) is 65.2 Å². The van der Waals surface area contributed by atoms with Crippen LogP contribution in [0.3, 0.4) is 0 Å². The maximum absolute atomic E-state index is 12.3. The Balaban J connectivity index is 2.30. The zero-order valence-corrected chi connectivity index (χ0v) is 13.1. The van der Waals surface area contributed by atoms with E-state index in [2.05, 4.69) is 0 Å². The van der Waals surface area contributed by atoms with E-state index in [9.17, 15) is 9.59 Å². The third-order valence-corrected chi connectivity index (χ3v) is 3.43. The van der Waals surface area contributed by atoms with Gasteiger partial charge in [0.25, 0.3) is 0 Å². The molecule has 1 unspecified atom stereocenters. The van der Waals surface area contributed by atoms with Crippen molar-refractivity contribution >= 4 is 11.9 Å². The van der Waals surface area contributed by atoms with E-state index in [1.807, 2.05) is 38.5 Å². The topological polar surface area (TPSA) is 57.5 Å². The molecular formula is C16H23NO4. The van der Waals surface area contributed by atoms with E-state index in [1.54, 1.807) is 6.07 Å². The summed E-state index contributed by atoms with van der Waals surface area (Å²) < 4.78 is 12.6. The standard InChI is InChI=1S/C16H23NO4/c1-10(2)20-15(18)12-6-5-8-17-9-7-13(14(12)17)16(19)21-11(3)4/h7,9-12H,5-6,8H2,1-4H3. The second-order valence-corrected chi connectivity index (χ2v) is 5.94. The predicted molar refractivity (Wildman–Crippen MR) is 78.2 cm³/mol. The maximum atomic E-state index is 12.3. The summed E-state index contributed by atoms with van der Waals surface area (Å²) in [6.45, 7) is 8.09. The molecule has 5 heteroatoms. The summed E-state index contributed by atoms with van der Waals surface area (Å²) in [7, 11) is 0. The highest BCUT2D eigenvalue weighted by atomic mass is 16.5. The van der Waals surface area contributed by atoms with Crippen LogP contribution in [0.2, 0.25) is 0 Å². The van der Waals surface area contributed by atoms with E-state index in [1.165, 1.54) is 0 Å². The molecule has 1 atom stereocenters. The summed E-state index contributed by atoms with van der Waals surface area (Å²) in [5.74, 6) is -1.02. The molecule has 0 amide bonds. The molecule has 0 N–H and O–H groups in total. The van der Waals surface area contributed by atoms with Crippen molar-refractivity contribution in [2.24, 2.45) is 0 Å². The Morgan fingerprint density at radius 2 is 1.86 bits per heavy atom. The molecule has 5 nitrogen and oxygen atoms in total. The summed E-state index contributed by atoms with van der Waals surface area (Å²) in [5, 5.41) is 0. The number of esters is 2. The van der Waals surface area contributed by atoms with E-state index in [0.29, 0.717) is 12.0 Å². The number of nitrogens with zero attached hydrogens (tertiary/aromatic N) is 1. The molecule has 1 aliphatic rings. The van der Waals surface area contributed by atoms with Crippen molar-refractivity contribution in [2.75, 3.05) is 0 Å². The van der Waals surface area contributed by atoms with Crippen LogP contribution in [0.4, 0.5) is 0 Å². The lowest BCUT2D eigenvalue weighted by molar-refractivity contribution is -0.149. The number of aryl methyl sites for hydroxylation is 1. The number of ether oxygens (including phenoxy) is 2. The van der Waals surface area contributed by atoms with Gasteiger partial charge in [-0.15, -0.1) is 0 Å². The Kier molecular flexibility index (Phi) is 4.70. The van der Waals surface area contributed by atoms with Crippen LogP contribution in [0.15, 0.2) is 12.3 Å². The minimum Gasteiger partial charge on any atom is -0.462 e. The van der Waals surface area contributed by atoms with Gasteiger partial charge in [-0.05, 0) is 46.6 Å². The zero-order valence-electron chi connectivity index (χ0n) is 13.1. The molecule has 21 heavy (non-hydrogen) atoms. The summed E-state index contributed by atoms with van der Waals surface area (Å²) >= 11 is 0. The van der Waals surface area contributed by atoms with Crippen molar-refractivity contribution in [3.8, 4) is 0 Å². The van der Waals surface area contributed by atoms with Gasteiger partial charge in [-0.2, -0.15) is 0 Å². The molecular weight excluding hydrogens is 270 g/mol. The van der Waals surface area contributed by atoms with Crippen LogP contribution in [-0.2, 0) is 20.8 Å². The lowest BCUT2D eigenvalue weighted by atomic mass is 9.93. The van der Waals surface area contributed by atoms with Gasteiger partial charge in [0.05, 0.1) is 23.7 Å². The van der Waals surface area contributed by atoms with Crippen LogP contribution in [0, 0.1) is 0 Å². The molecule has 2 rings (SSSR count). The van der Waals surface area contributed by atoms with Gasteiger partial charge in [0.1, 0.15) is 0 Å². The first-order chi connectivity index (χ1) is 9.90. The van der Waals surface area contributed by atoms with Crippen LogP contribution >= 0.6 is 0 Å². The number of carbonyl (C=O) groups is 2. The van der Waals surface area contributed by atoms with Gasteiger partial charge in [-0.1, -0.05) is 0 Å². The summed E-state index contributed by atoms with van der Waals surface area (Å²) in [4.78, 5) is 24.5. The van der Waals surface area contributed by atoms with Gasteiger partial charge in [0.15, 0.2) is 0 Å². The quantitative estimate of drug-likeness (QED) is 0.801. The van der Waals surface area contributed by atoms with Crippen LogP contribution in [0.5, 0.6) is 0 Å². The molecule has 116 valence electrons. The average molecular weight is 293 g/mol. The van der Waals surface area contributed by atoms with Crippen LogP contribution in [0.25, 0.3) is 0 Å². The molecule has 0 spiro atoms. The Morgan fingerprint density at radius 1 is 1.19 bits per heavy atom. The van der Waals surface area contributed by atoms with Crippen molar-refractivity contribution in [1.82, 2.24) is 4.57 Å². The minimum absolute atomic E-state index is 0.158. The fraction of sp³-hybridized carbons (Fsp3) is 0.625. The second kappa shape index (κ2) is 6.33. The average Bonchev–Trinajstić information content (AvgIpc) is 2.80. The van der Waals surface area contributed by atoms with Crippen molar-refractivity contribution in [3.05, 3.63) is 23.5 Å². The SMILES string of the molecule is CC(C)OC(=O)c1ccn2c1C(C(=O)OC(C)C)CCC2. The van der Waals surface area contributed by atoms with Gasteiger partial charge >= 0.3 is 11.9 Å². The molecule has 2 heterocycles. The Morgan fingerprint density at radius 3 is 2.48 bits per heavy atom. The largest absolute Gasteiger partial charge is 0.462 e. The molecule has 1 aliphatic heterocycles. The number of rotatable bonds is 4. The predicted octanol–water partition coefficient (Wildman–Crippen LogP) is 2.88. The van der Waals surface area contributed by atoms with Crippen molar-refractivity contribution in [3.63, 3.8) is 0 Å². The number of carbonyl (C=O) groups excluding carboxylic acids is 2. The fourth-order valence-corrected chi connectivity index (χ4v) is 2.66. The van der Waals surface area contributed by atoms with E-state index >= 15 is 0 Å². The molecule has 0 saturated heterocycles. The van der Waals surface area contributed by atoms with Gasteiger partial charge in [0.2, 0.25) is 0 Å². The molecule has 1 aromatic heterocycles. The van der Waals surface area contributed by atoms with Gasteiger partial charge in [-0.25, -0.2) is 4.79 Å². The Hall–Kier alpha value is -1.78. The van der Waals surface area contributed by atoms with Crippen LogP contribution in [0.1, 0.15) is 62.5 Å². The lowest BCUT2D eigenvalue weighted by Crippen LogP contribution is -2.27. The molecule has 1 aromatic rings. The van der Waals surface area contributed by atoms with E-state index in [-0.39, 0.29) is 30.1 Å². The summed E-state index contributed by atoms with van der Waals surface area (Å²) in [6, 6.07) is 1.74. The monoisotopic (exact) mass is 293 g/mol. The first-order valence-corrected chi connectivity index (χ1v) is 7.50. The highest BCUT2D eigenvalue weighted by molar-refractivity contribution is 5.93. The highest BCUT2D eigenvalue weighted by Gasteiger charge is 2.33. The zero-order chi connectivity index (χ0) is 15.6. The van der Waals surface area contributed by atoms with E-state index in [4.69, 9.17) is 9.47 Å². The van der Waals surface area contributed by atoms with E-state index in [0.717, 1.165) is 18.7 Å². The number of hydrogen-bond acceptors (Lipinski definition) is 4. The molecule has 0 fully saturated rings. The van der Waals surface area contributed by atoms with Crippen LogP contribution in [-0.4, -0.2) is 28.7 Å².